The minimum absolute atomic E-state index is 0.145. The lowest BCUT2D eigenvalue weighted by molar-refractivity contribution is -0.120. The molecule has 0 radical (unpaired) electrons. The second-order valence-electron chi connectivity index (χ2n) is 6.52. The summed E-state index contributed by atoms with van der Waals surface area (Å²) in [6, 6.07) is 5.04. The third-order valence-corrected chi connectivity index (χ3v) is 5.09. The maximum Gasteiger partial charge on any atom is 0.418 e. The van der Waals surface area contributed by atoms with Crippen LogP contribution in [0.4, 0.5) is 10.5 Å². The van der Waals surface area contributed by atoms with Gasteiger partial charge in [0.25, 0.3) is 0 Å². The quantitative estimate of drug-likeness (QED) is 0.701. The van der Waals surface area contributed by atoms with Gasteiger partial charge in [0, 0.05) is 30.3 Å². The van der Waals surface area contributed by atoms with Crippen LogP contribution in [0.25, 0.3) is 5.69 Å². The fourth-order valence-electron chi connectivity index (χ4n) is 3.46. The number of urea groups is 1. The molecule has 2 bridgehead atoms. The Bertz CT molecular complexity index is 991. The molecule has 3 amide bonds. The zero-order chi connectivity index (χ0) is 19.9. The first-order valence-electron chi connectivity index (χ1n) is 8.48. The number of hydroxylamine groups is 2. The maximum absolute atomic E-state index is 12.7. The van der Waals surface area contributed by atoms with Gasteiger partial charge in [0.15, 0.2) is 0 Å². The fraction of sp³-hybridized carbons (Fsp3) is 0.312. The molecule has 28 heavy (non-hydrogen) atoms. The molecule has 2 fully saturated rings. The Kier molecular flexibility index (Phi) is 4.53. The lowest BCUT2D eigenvalue weighted by atomic mass is 10.0. The van der Waals surface area contributed by atoms with Gasteiger partial charge in [0.2, 0.25) is 5.91 Å². The number of amides is 3. The molecule has 2 N–H and O–H groups in total. The van der Waals surface area contributed by atoms with Crippen LogP contribution in [0.5, 0.6) is 0 Å². The number of imidazole rings is 1. The maximum atomic E-state index is 12.7. The van der Waals surface area contributed by atoms with Crippen molar-refractivity contribution in [1.82, 2.24) is 19.5 Å². The summed E-state index contributed by atoms with van der Waals surface area (Å²) < 4.78 is 36.9. The van der Waals surface area contributed by atoms with Crippen LogP contribution in [0.1, 0.15) is 12.8 Å². The number of piperidine rings is 1. The molecular weight excluding hydrogens is 390 g/mol. The van der Waals surface area contributed by atoms with Gasteiger partial charge in [-0.1, -0.05) is 0 Å². The standard InChI is InChI=1S/C16H17N5O6S/c22-15(18-11-1-3-12(4-2-11)19-8-7-17-10-19)14-6-5-13-9-20(14)16(23)21(13)27-28(24,25)26/h1-4,7-8,10,13-14H,5-6,9H2,(H,18,22)(H,24,25,26)/t13?,14-/m0/s1. The number of carbonyl (C=O) groups is 2. The molecule has 4 rings (SSSR count). The monoisotopic (exact) mass is 407 g/mol. The van der Waals surface area contributed by atoms with Crippen molar-refractivity contribution in [1.29, 1.82) is 0 Å². The van der Waals surface area contributed by atoms with Crippen molar-refractivity contribution in [2.24, 2.45) is 0 Å². The van der Waals surface area contributed by atoms with Gasteiger partial charge in [0.1, 0.15) is 6.04 Å². The van der Waals surface area contributed by atoms with Crippen molar-refractivity contribution < 1.29 is 26.8 Å². The molecule has 0 spiro atoms. The van der Waals surface area contributed by atoms with Crippen LogP contribution < -0.4 is 5.32 Å². The average molecular weight is 407 g/mol. The summed E-state index contributed by atoms with van der Waals surface area (Å²) in [5.41, 5.74) is 1.44. The normalized spacial score (nSPS) is 21.8. The van der Waals surface area contributed by atoms with Gasteiger partial charge < -0.3 is 14.8 Å². The summed E-state index contributed by atoms with van der Waals surface area (Å²) in [4.78, 5) is 30.3. The molecular formula is C16H17N5O6S. The van der Waals surface area contributed by atoms with E-state index >= 15 is 0 Å². The largest absolute Gasteiger partial charge is 0.418 e. The number of rotatable bonds is 5. The third-order valence-electron chi connectivity index (χ3n) is 4.74. The van der Waals surface area contributed by atoms with Crippen molar-refractivity contribution in [2.45, 2.75) is 24.9 Å². The Morgan fingerprint density at radius 3 is 2.64 bits per heavy atom. The van der Waals surface area contributed by atoms with Gasteiger partial charge in [-0.3, -0.25) is 9.35 Å². The molecule has 2 aromatic rings. The molecule has 1 aromatic heterocycles. The van der Waals surface area contributed by atoms with Crippen molar-refractivity contribution >= 4 is 28.0 Å². The minimum atomic E-state index is -4.82. The molecule has 1 unspecified atom stereocenters. The van der Waals surface area contributed by atoms with Gasteiger partial charge in [-0.2, -0.15) is 13.5 Å². The molecule has 11 nitrogen and oxygen atoms in total. The van der Waals surface area contributed by atoms with Gasteiger partial charge in [-0.25, -0.2) is 9.78 Å². The number of hydrogen-bond acceptors (Lipinski definition) is 6. The van der Waals surface area contributed by atoms with Crippen molar-refractivity contribution in [2.75, 3.05) is 11.9 Å². The van der Waals surface area contributed by atoms with Gasteiger partial charge in [0.05, 0.1) is 12.4 Å². The summed E-state index contributed by atoms with van der Waals surface area (Å²) in [6.07, 6.45) is 5.83. The molecule has 0 aliphatic carbocycles. The number of hydrogen-bond donors (Lipinski definition) is 2. The first kappa shape index (κ1) is 18.4. The zero-order valence-corrected chi connectivity index (χ0v) is 15.3. The van der Waals surface area contributed by atoms with E-state index in [4.69, 9.17) is 4.55 Å². The lowest BCUT2D eigenvalue weighted by Crippen LogP contribution is -2.47. The SMILES string of the molecule is O=C(Nc1ccc(-n2ccnc2)cc1)[C@@H]1CCC2CN1C(=O)N2OS(=O)(=O)O. The number of benzene rings is 1. The van der Waals surface area contributed by atoms with Gasteiger partial charge in [-0.05, 0) is 37.1 Å². The molecule has 3 heterocycles. The Balaban J connectivity index is 1.44. The Morgan fingerprint density at radius 1 is 1.25 bits per heavy atom. The first-order chi connectivity index (χ1) is 13.3. The summed E-state index contributed by atoms with van der Waals surface area (Å²) in [5.74, 6) is -0.379. The fourth-order valence-corrected chi connectivity index (χ4v) is 3.85. The van der Waals surface area contributed by atoms with Crippen LogP contribution >= 0.6 is 0 Å². The second kappa shape index (κ2) is 6.89. The molecule has 1 aromatic carbocycles. The highest BCUT2D eigenvalue weighted by molar-refractivity contribution is 7.80. The van der Waals surface area contributed by atoms with E-state index in [9.17, 15) is 18.0 Å². The van der Waals surface area contributed by atoms with E-state index < -0.39 is 28.5 Å². The van der Waals surface area contributed by atoms with E-state index in [1.54, 1.807) is 30.9 Å². The number of nitrogens with one attached hydrogen (secondary N) is 1. The van der Waals surface area contributed by atoms with E-state index in [1.165, 1.54) is 4.90 Å². The van der Waals surface area contributed by atoms with Crippen molar-refractivity contribution in [3.05, 3.63) is 43.0 Å². The number of aromatic nitrogens is 2. The molecule has 2 saturated heterocycles. The lowest BCUT2D eigenvalue weighted by Gasteiger charge is -2.29. The van der Waals surface area contributed by atoms with Crippen LogP contribution in [-0.2, 0) is 19.5 Å². The number of anilines is 1. The minimum Gasteiger partial charge on any atom is -0.324 e. The van der Waals surface area contributed by atoms with E-state index in [0.717, 1.165) is 5.69 Å². The number of carbonyl (C=O) groups excluding carboxylic acids is 2. The van der Waals surface area contributed by atoms with E-state index in [1.807, 2.05) is 16.7 Å². The van der Waals surface area contributed by atoms with Crippen LogP contribution in [0, 0.1) is 0 Å². The van der Waals surface area contributed by atoms with Crippen LogP contribution in [-0.4, -0.2) is 63.1 Å². The van der Waals surface area contributed by atoms with Crippen LogP contribution in [0.3, 0.4) is 0 Å². The molecule has 148 valence electrons. The van der Waals surface area contributed by atoms with Crippen molar-refractivity contribution in [3.8, 4) is 5.69 Å². The summed E-state index contributed by atoms with van der Waals surface area (Å²) in [7, 11) is -4.82. The Morgan fingerprint density at radius 2 is 2.00 bits per heavy atom. The highest BCUT2D eigenvalue weighted by Gasteiger charge is 2.49. The number of nitrogens with zero attached hydrogens (tertiary/aromatic N) is 4. The van der Waals surface area contributed by atoms with E-state index in [0.29, 0.717) is 23.6 Å². The number of fused-ring (bicyclic) bond motifs is 2. The predicted octanol–water partition coefficient (Wildman–Crippen LogP) is 0.814. The molecule has 0 saturated carbocycles. The highest BCUT2D eigenvalue weighted by Crippen LogP contribution is 2.31. The smallest absolute Gasteiger partial charge is 0.324 e. The van der Waals surface area contributed by atoms with Crippen LogP contribution in [0.15, 0.2) is 43.0 Å². The second-order valence-corrected chi connectivity index (χ2v) is 7.52. The van der Waals surface area contributed by atoms with E-state index in [-0.39, 0.29) is 12.5 Å². The molecule has 2 atom stereocenters. The summed E-state index contributed by atoms with van der Waals surface area (Å²) in [5, 5.41) is 3.38. The zero-order valence-electron chi connectivity index (χ0n) is 14.5. The summed E-state index contributed by atoms with van der Waals surface area (Å²) >= 11 is 0. The van der Waals surface area contributed by atoms with Gasteiger partial charge in [-0.15, -0.1) is 4.28 Å². The van der Waals surface area contributed by atoms with Gasteiger partial charge >= 0.3 is 16.4 Å². The first-order valence-corrected chi connectivity index (χ1v) is 9.84. The highest BCUT2D eigenvalue weighted by atomic mass is 32.3. The Labute approximate surface area is 160 Å². The average Bonchev–Trinajstić information content (AvgIpc) is 3.26. The predicted molar refractivity (Wildman–Crippen MR) is 95.6 cm³/mol. The van der Waals surface area contributed by atoms with Crippen LogP contribution in [0.2, 0.25) is 0 Å². The van der Waals surface area contributed by atoms with Crippen molar-refractivity contribution in [3.63, 3.8) is 0 Å². The summed E-state index contributed by atoms with van der Waals surface area (Å²) in [6.45, 7) is 0.145. The third kappa shape index (κ3) is 3.56. The topological polar surface area (TPSA) is 134 Å². The molecule has 2 aliphatic rings. The Hall–Kier alpha value is -2.96. The molecule has 2 aliphatic heterocycles. The molecule has 12 heteroatoms. The van der Waals surface area contributed by atoms with E-state index in [2.05, 4.69) is 14.6 Å².